The molecule has 0 aliphatic rings. The number of anilines is 1. The van der Waals surface area contributed by atoms with Crippen molar-refractivity contribution in [3.63, 3.8) is 0 Å². The van der Waals surface area contributed by atoms with Gasteiger partial charge in [-0.05, 0) is 68.7 Å². The summed E-state index contributed by atoms with van der Waals surface area (Å²) in [4.78, 5) is 22.8. The van der Waals surface area contributed by atoms with Gasteiger partial charge in [0.1, 0.15) is 0 Å². The number of aromatic nitrogens is 2. The molecule has 0 aliphatic carbocycles. The van der Waals surface area contributed by atoms with Crippen LogP contribution in [-0.4, -0.2) is 22.4 Å². The van der Waals surface area contributed by atoms with Crippen LogP contribution in [0, 0.1) is 6.92 Å². The third-order valence-electron chi connectivity index (χ3n) is 5.49. The Balaban J connectivity index is 1.56. The normalized spacial score (nSPS) is 11.0. The van der Waals surface area contributed by atoms with Crippen molar-refractivity contribution < 1.29 is 4.79 Å². The zero-order chi connectivity index (χ0) is 20.9. The topological polar surface area (TPSA) is 49.0 Å². The summed E-state index contributed by atoms with van der Waals surface area (Å²) in [7, 11) is 0. The van der Waals surface area contributed by atoms with Crippen LogP contribution in [0.15, 0.2) is 72.9 Å². The molecule has 0 bridgehead atoms. The Hall–Kier alpha value is -3.40. The molecule has 1 amide bonds. The summed E-state index contributed by atoms with van der Waals surface area (Å²) in [5.74, 6) is 0.166. The monoisotopic (exact) mass is 397 g/mol. The van der Waals surface area contributed by atoms with E-state index in [1.165, 1.54) is 16.5 Å². The molecule has 2 aromatic carbocycles. The molecule has 0 radical (unpaired) electrons. The zero-order valence-electron chi connectivity index (χ0n) is 17.6. The summed E-state index contributed by atoms with van der Waals surface area (Å²) < 4.78 is 0. The molecule has 4 heteroatoms. The Bertz CT molecular complexity index is 1130. The minimum Gasteiger partial charge on any atom is -0.353 e. The highest BCUT2D eigenvalue weighted by molar-refractivity contribution is 5.93. The van der Waals surface area contributed by atoms with Crippen molar-refractivity contribution in [1.82, 2.24) is 9.97 Å². The van der Waals surface area contributed by atoms with Gasteiger partial charge in [-0.3, -0.25) is 9.78 Å². The standard InChI is InChI=1S/C26H27N3O/c1-3-29(20-10-5-4-6-11-20)25(30)14-9-12-21-22-18-19(2)15-16-23(22)28-26(21)24-13-7-8-17-27-24/h4-8,10-11,13,15-18,28H,3,9,12,14H2,1-2H3. The number of fused-ring (bicyclic) bond motifs is 1. The lowest BCUT2D eigenvalue weighted by Crippen LogP contribution is -2.30. The predicted molar refractivity (Wildman–Crippen MR) is 124 cm³/mol. The number of hydrogen-bond acceptors (Lipinski definition) is 2. The average Bonchev–Trinajstić information content (AvgIpc) is 3.13. The lowest BCUT2D eigenvalue weighted by molar-refractivity contribution is -0.118. The van der Waals surface area contributed by atoms with E-state index in [0.717, 1.165) is 35.4 Å². The second-order valence-corrected chi connectivity index (χ2v) is 7.57. The smallest absolute Gasteiger partial charge is 0.226 e. The molecule has 0 saturated heterocycles. The van der Waals surface area contributed by atoms with Gasteiger partial charge in [0, 0.05) is 35.8 Å². The third kappa shape index (κ3) is 4.13. The third-order valence-corrected chi connectivity index (χ3v) is 5.49. The van der Waals surface area contributed by atoms with Crippen LogP contribution in [0.1, 0.15) is 30.9 Å². The molecule has 2 aromatic heterocycles. The second-order valence-electron chi connectivity index (χ2n) is 7.57. The summed E-state index contributed by atoms with van der Waals surface area (Å²) >= 11 is 0. The van der Waals surface area contributed by atoms with Gasteiger partial charge in [0.25, 0.3) is 0 Å². The number of amides is 1. The Morgan fingerprint density at radius 2 is 1.83 bits per heavy atom. The highest BCUT2D eigenvalue weighted by atomic mass is 16.2. The molecule has 0 saturated carbocycles. The summed E-state index contributed by atoms with van der Waals surface area (Å²) in [6.07, 6.45) is 3.96. The number of nitrogens with one attached hydrogen (secondary N) is 1. The van der Waals surface area contributed by atoms with Crippen LogP contribution >= 0.6 is 0 Å². The van der Waals surface area contributed by atoms with Crippen LogP contribution in [-0.2, 0) is 11.2 Å². The molecule has 4 aromatic rings. The van der Waals surface area contributed by atoms with E-state index >= 15 is 0 Å². The number of aromatic amines is 1. The number of nitrogens with zero attached hydrogens (tertiary/aromatic N) is 2. The number of para-hydroxylation sites is 1. The Labute approximate surface area is 177 Å². The molecule has 4 nitrogen and oxygen atoms in total. The van der Waals surface area contributed by atoms with E-state index in [0.29, 0.717) is 13.0 Å². The largest absolute Gasteiger partial charge is 0.353 e. The summed E-state index contributed by atoms with van der Waals surface area (Å²) in [6.45, 7) is 4.81. The Morgan fingerprint density at radius 3 is 2.57 bits per heavy atom. The molecule has 0 atom stereocenters. The first-order valence-electron chi connectivity index (χ1n) is 10.6. The van der Waals surface area contributed by atoms with E-state index in [4.69, 9.17) is 0 Å². The van der Waals surface area contributed by atoms with E-state index in [1.807, 2.05) is 66.6 Å². The van der Waals surface area contributed by atoms with Gasteiger partial charge in [-0.1, -0.05) is 35.9 Å². The van der Waals surface area contributed by atoms with E-state index in [1.54, 1.807) is 0 Å². The van der Waals surface area contributed by atoms with Crippen LogP contribution in [0.5, 0.6) is 0 Å². The first-order chi connectivity index (χ1) is 14.7. The number of carbonyl (C=O) groups is 1. The predicted octanol–water partition coefficient (Wildman–Crippen LogP) is 5.91. The number of benzene rings is 2. The molecule has 30 heavy (non-hydrogen) atoms. The van der Waals surface area contributed by atoms with Gasteiger partial charge in [-0.15, -0.1) is 0 Å². The fraction of sp³-hybridized carbons (Fsp3) is 0.231. The van der Waals surface area contributed by atoms with Crippen LogP contribution in [0.4, 0.5) is 5.69 Å². The van der Waals surface area contributed by atoms with Crippen molar-refractivity contribution in [2.24, 2.45) is 0 Å². The van der Waals surface area contributed by atoms with Crippen molar-refractivity contribution in [3.8, 4) is 11.4 Å². The average molecular weight is 398 g/mol. The quantitative estimate of drug-likeness (QED) is 0.421. The van der Waals surface area contributed by atoms with Crippen molar-refractivity contribution in [1.29, 1.82) is 0 Å². The first-order valence-corrected chi connectivity index (χ1v) is 10.6. The number of H-pyrrole nitrogens is 1. The van der Waals surface area contributed by atoms with Gasteiger partial charge in [-0.25, -0.2) is 0 Å². The zero-order valence-corrected chi connectivity index (χ0v) is 17.6. The number of rotatable bonds is 7. The highest BCUT2D eigenvalue weighted by Gasteiger charge is 2.17. The molecular weight excluding hydrogens is 370 g/mol. The molecule has 0 fully saturated rings. The minimum atomic E-state index is 0.166. The fourth-order valence-electron chi connectivity index (χ4n) is 4.01. The van der Waals surface area contributed by atoms with Gasteiger partial charge in [0.15, 0.2) is 0 Å². The first kappa shape index (κ1) is 19.9. The van der Waals surface area contributed by atoms with Gasteiger partial charge in [-0.2, -0.15) is 0 Å². The molecule has 1 N–H and O–H groups in total. The highest BCUT2D eigenvalue weighted by Crippen LogP contribution is 2.31. The van der Waals surface area contributed by atoms with E-state index < -0.39 is 0 Å². The lowest BCUT2D eigenvalue weighted by Gasteiger charge is -2.21. The minimum absolute atomic E-state index is 0.166. The van der Waals surface area contributed by atoms with Gasteiger partial charge in [0.2, 0.25) is 5.91 Å². The van der Waals surface area contributed by atoms with E-state index in [-0.39, 0.29) is 5.91 Å². The number of carbonyl (C=O) groups excluding carboxylic acids is 1. The number of pyridine rings is 1. The van der Waals surface area contributed by atoms with Gasteiger partial charge in [0.05, 0.1) is 11.4 Å². The van der Waals surface area contributed by atoms with Crippen LogP contribution in [0.2, 0.25) is 0 Å². The van der Waals surface area contributed by atoms with Crippen LogP contribution in [0.25, 0.3) is 22.3 Å². The fourth-order valence-corrected chi connectivity index (χ4v) is 4.01. The maximum Gasteiger partial charge on any atom is 0.226 e. The Morgan fingerprint density at radius 1 is 1.03 bits per heavy atom. The van der Waals surface area contributed by atoms with E-state index in [9.17, 15) is 4.79 Å². The number of hydrogen-bond donors (Lipinski definition) is 1. The van der Waals surface area contributed by atoms with Gasteiger partial charge < -0.3 is 9.88 Å². The second kappa shape index (κ2) is 8.95. The SMILES string of the molecule is CCN(C(=O)CCCc1c(-c2ccccn2)[nH]c2ccc(C)cc12)c1ccccc1. The summed E-state index contributed by atoms with van der Waals surface area (Å²) in [5, 5.41) is 1.22. The van der Waals surface area contributed by atoms with Crippen molar-refractivity contribution in [3.05, 3.63) is 84.1 Å². The molecule has 0 spiro atoms. The van der Waals surface area contributed by atoms with Crippen molar-refractivity contribution >= 4 is 22.5 Å². The van der Waals surface area contributed by atoms with Crippen molar-refractivity contribution in [2.75, 3.05) is 11.4 Å². The molecule has 2 heterocycles. The number of aryl methyl sites for hydroxylation is 2. The molecular formula is C26H27N3O. The Kier molecular flexibility index (Phi) is 5.94. The maximum absolute atomic E-state index is 12.9. The summed E-state index contributed by atoms with van der Waals surface area (Å²) in [6, 6.07) is 22.3. The molecule has 152 valence electrons. The van der Waals surface area contributed by atoms with Crippen molar-refractivity contribution in [2.45, 2.75) is 33.1 Å². The molecule has 4 rings (SSSR count). The van der Waals surface area contributed by atoms with Crippen LogP contribution < -0.4 is 4.90 Å². The lowest BCUT2D eigenvalue weighted by atomic mass is 10.0. The molecule has 0 unspecified atom stereocenters. The molecule has 0 aliphatic heterocycles. The van der Waals surface area contributed by atoms with Crippen LogP contribution in [0.3, 0.4) is 0 Å². The van der Waals surface area contributed by atoms with Gasteiger partial charge >= 0.3 is 0 Å². The summed E-state index contributed by atoms with van der Waals surface area (Å²) in [5.41, 5.74) is 6.53. The van der Waals surface area contributed by atoms with E-state index in [2.05, 4.69) is 35.1 Å². The maximum atomic E-state index is 12.9.